The predicted molar refractivity (Wildman–Crippen MR) is 109 cm³/mol. The third-order valence-corrected chi connectivity index (χ3v) is 5.97. The van der Waals surface area contributed by atoms with Crippen molar-refractivity contribution in [2.24, 2.45) is 5.92 Å². The number of likely N-dealkylation sites (tertiary alicyclic amines) is 1. The molecular weight excluding hydrogens is 366 g/mol. The van der Waals surface area contributed by atoms with Gasteiger partial charge in [-0.1, -0.05) is 36.7 Å². The van der Waals surface area contributed by atoms with Crippen LogP contribution in [0.15, 0.2) is 29.6 Å². The van der Waals surface area contributed by atoms with Crippen LogP contribution in [0.2, 0.25) is 5.02 Å². The van der Waals surface area contributed by atoms with E-state index in [-0.39, 0.29) is 5.91 Å². The number of thiazole rings is 1. The van der Waals surface area contributed by atoms with E-state index in [9.17, 15) is 4.79 Å². The van der Waals surface area contributed by atoms with Gasteiger partial charge in [0.25, 0.3) is 0 Å². The fourth-order valence-corrected chi connectivity index (χ4v) is 4.53. The zero-order valence-corrected chi connectivity index (χ0v) is 16.8. The highest BCUT2D eigenvalue weighted by Gasteiger charge is 2.15. The van der Waals surface area contributed by atoms with E-state index in [0.29, 0.717) is 11.4 Å². The maximum absolute atomic E-state index is 12.1. The number of benzene rings is 1. The van der Waals surface area contributed by atoms with E-state index in [1.165, 1.54) is 37.3 Å². The van der Waals surface area contributed by atoms with E-state index in [4.69, 9.17) is 11.6 Å². The monoisotopic (exact) mass is 391 g/mol. The molecule has 1 aromatic carbocycles. The van der Waals surface area contributed by atoms with Gasteiger partial charge < -0.3 is 10.2 Å². The minimum atomic E-state index is 0.0352. The van der Waals surface area contributed by atoms with Gasteiger partial charge in [-0.2, -0.15) is 0 Å². The molecule has 3 rings (SSSR count). The van der Waals surface area contributed by atoms with Crippen LogP contribution in [0.3, 0.4) is 0 Å². The molecule has 2 heterocycles. The molecule has 0 aliphatic carbocycles. The van der Waals surface area contributed by atoms with Gasteiger partial charge in [0.15, 0.2) is 0 Å². The number of aromatic nitrogens is 1. The summed E-state index contributed by atoms with van der Waals surface area (Å²) < 4.78 is 0. The Balaban J connectivity index is 1.41. The maximum atomic E-state index is 12.1. The molecule has 1 aromatic heterocycles. The molecule has 1 N–H and O–H groups in total. The van der Waals surface area contributed by atoms with Gasteiger partial charge >= 0.3 is 0 Å². The fourth-order valence-electron chi connectivity index (χ4n) is 3.39. The van der Waals surface area contributed by atoms with Gasteiger partial charge in [-0.25, -0.2) is 4.98 Å². The van der Waals surface area contributed by atoms with Gasteiger partial charge in [0, 0.05) is 24.0 Å². The predicted octanol–water partition coefficient (Wildman–Crippen LogP) is 4.24. The van der Waals surface area contributed by atoms with Gasteiger partial charge in [0.1, 0.15) is 5.01 Å². The molecule has 0 radical (unpaired) electrons. The Labute approximate surface area is 164 Å². The Kier molecular flexibility index (Phi) is 7.06. The van der Waals surface area contributed by atoms with Crippen LogP contribution in [0, 0.1) is 5.92 Å². The van der Waals surface area contributed by atoms with E-state index in [1.54, 1.807) is 0 Å². The van der Waals surface area contributed by atoms with Crippen molar-refractivity contribution in [2.75, 3.05) is 26.2 Å². The molecule has 0 saturated carbocycles. The van der Waals surface area contributed by atoms with Crippen LogP contribution in [0.25, 0.3) is 10.6 Å². The minimum Gasteiger partial charge on any atom is -0.356 e. The number of piperidine rings is 1. The molecule has 1 aliphatic rings. The van der Waals surface area contributed by atoms with E-state index in [2.05, 4.69) is 22.1 Å². The second-order valence-electron chi connectivity index (χ2n) is 7.05. The third kappa shape index (κ3) is 5.53. The highest BCUT2D eigenvalue weighted by atomic mass is 35.5. The van der Waals surface area contributed by atoms with E-state index in [1.807, 2.05) is 29.6 Å². The highest BCUT2D eigenvalue weighted by Crippen LogP contribution is 2.30. The Hall–Kier alpha value is -1.43. The molecule has 1 amide bonds. The Morgan fingerprint density at radius 1 is 1.42 bits per heavy atom. The molecule has 0 spiro atoms. The second-order valence-corrected chi connectivity index (χ2v) is 8.32. The van der Waals surface area contributed by atoms with Crippen molar-refractivity contribution in [3.8, 4) is 10.6 Å². The van der Waals surface area contributed by atoms with Crippen molar-refractivity contribution in [2.45, 2.75) is 32.6 Å². The molecule has 2 aromatic rings. The smallest absolute Gasteiger partial charge is 0.226 e. The van der Waals surface area contributed by atoms with Crippen LogP contribution < -0.4 is 5.32 Å². The summed E-state index contributed by atoms with van der Waals surface area (Å²) in [5.74, 6) is 0.836. The zero-order valence-electron chi connectivity index (χ0n) is 15.2. The lowest BCUT2D eigenvalue weighted by Crippen LogP contribution is -2.36. The van der Waals surface area contributed by atoms with E-state index < -0.39 is 0 Å². The average molecular weight is 392 g/mol. The standard InChI is InChI=1S/C20H26ClN3OS/c1-15-6-4-10-24(13-15)11-5-9-22-19(25)12-16-14-26-20(23-16)17-7-2-3-8-18(17)21/h2-3,7-8,14-15H,4-6,9-13H2,1H3,(H,22,25). The molecule has 1 fully saturated rings. The molecule has 1 saturated heterocycles. The van der Waals surface area contributed by atoms with Crippen LogP contribution in [-0.4, -0.2) is 42.0 Å². The Bertz CT molecular complexity index is 733. The Morgan fingerprint density at radius 2 is 2.27 bits per heavy atom. The SMILES string of the molecule is CC1CCCN(CCCNC(=O)Cc2csc(-c3ccccc3Cl)n2)C1. The minimum absolute atomic E-state index is 0.0352. The van der Waals surface area contributed by atoms with Gasteiger partial charge in [0.05, 0.1) is 17.1 Å². The summed E-state index contributed by atoms with van der Waals surface area (Å²) in [6.45, 7) is 6.50. The second kappa shape index (κ2) is 9.49. The van der Waals surface area contributed by atoms with Gasteiger partial charge in [0.2, 0.25) is 5.91 Å². The first-order valence-electron chi connectivity index (χ1n) is 9.30. The first-order valence-corrected chi connectivity index (χ1v) is 10.6. The summed E-state index contributed by atoms with van der Waals surface area (Å²) in [4.78, 5) is 19.2. The number of nitrogens with one attached hydrogen (secondary N) is 1. The van der Waals surface area contributed by atoms with Crippen molar-refractivity contribution in [1.82, 2.24) is 15.2 Å². The Morgan fingerprint density at radius 3 is 3.08 bits per heavy atom. The van der Waals surface area contributed by atoms with Crippen LogP contribution >= 0.6 is 22.9 Å². The van der Waals surface area contributed by atoms with Crippen LogP contribution in [0.4, 0.5) is 0 Å². The number of rotatable bonds is 7. The lowest BCUT2D eigenvalue weighted by atomic mass is 10.0. The van der Waals surface area contributed by atoms with Crippen LogP contribution in [0.1, 0.15) is 31.9 Å². The van der Waals surface area contributed by atoms with Crippen molar-refractivity contribution in [1.29, 1.82) is 0 Å². The van der Waals surface area contributed by atoms with Gasteiger partial charge in [-0.3, -0.25) is 4.79 Å². The quantitative estimate of drug-likeness (QED) is 0.718. The summed E-state index contributed by atoms with van der Waals surface area (Å²) in [7, 11) is 0. The molecule has 0 bridgehead atoms. The topological polar surface area (TPSA) is 45.2 Å². The maximum Gasteiger partial charge on any atom is 0.226 e. The van der Waals surface area contributed by atoms with Crippen molar-refractivity contribution in [3.63, 3.8) is 0 Å². The number of amides is 1. The fraction of sp³-hybridized carbons (Fsp3) is 0.500. The van der Waals surface area contributed by atoms with Gasteiger partial charge in [-0.05, 0) is 44.3 Å². The summed E-state index contributed by atoms with van der Waals surface area (Å²) in [6, 6.07) is 7.65. The summed E-state index contributed by atoms with van der Waals surface area (Å²) in [5, 5.41) is 6.50. The van der Waals surface area contributed by atoms with E-state index >= 15 is 0 Å². The van der Waals surface area contributed by atoms with Crippen LogP contribution in [0.5, 0.6) is 0 Å². The zero-order chi connectivity index (χ0) is 18.4. The largest absolute Gasteiger partial charge is 0.356 e. The number of nitrogens with zero attached hydrogens (tertiary/aromatic N) is 2. The van der Waals surface area contributed by atoms with Crippen molar-refractivity contribution in [3.05, 3.63) is 40.4 Å². The number of carbonyl (C=O) groups excluding carboxylic acids is 1. The molecular formula is C20H26ClN3OS. The first kappa shape index (κ1) is 19.3. The third-order valence-electron chi connectivity index (χ3n) is 4.71. The lowest BCUT2D eigenvalue weighted by molar-refractivity contribution is -0.120. The normalized spacial score (nSPS) is 18.0. The molecule has 1 aliphatic heterocycles. The number of halogens is 1. The van der Waals surface area contributed by atoms with Crippen molar-refractivity contribution < 1.29 is 4.79 Å². The summed E-state index contributed by atoms with van der Waals surface area (Å²) >= 11 is 7.74. The molecule has 140 valence electrons. The number of carbonyl (C=O) groups is 1. The highest BCUT2D eigenvalue weighted by molar-refractivity contribution is 7.13. The summed E-state index contributed by atoms with van der Waals surface area (Å²) in [6.07, 6.45) is 3.96. The number of hydrogen-bond acceptors (Lipinski definition) is 4. The first-order chi connectivity index (χ1) is 12.6. The molecule has 1 atom stereocenters. The van der Waals surface area contributed by atoms with E-state index in [0.717, 1.165) is 41.7 Å². The van der Waals surface area contributed by atoms with Crippen LogP contribution in [-0.2, 0) is 11.2 Å². The summed E-state index contributed by atoms with van der Waals surface area (Å²) in [5.41, 5.74) is 1.72. The molecule has 1 unspecified atom stereocenters. The molecule has 4 nitrogen and oxygen atoms in total. The molecule has 6 heteroatoms. The van der Waals surface area contributed by atoms with Gasteiger partial charge in [-0.15, -0.1) is 11.3 Å². The van der Waals surface area contributed by atoms with Crippen molar-refractivity contribution >= 4 is 28.8 Å². The lowest BCUT2D eigenvalue weighted by Gasteiger charge is -2.30. The molecule has 26 heavy (non-hydrogen) atoms. The number of hydrogen-bond donors (Lipinski definition) is 1. The average Bonchev–Trinajstić information content (AvgIpc) is 3.07.